The van der Waals surface area contributed by atoms with Crippen molar-refractivity contribution in [2.24, 2.45) is 0 Å². The molecule has 1 aliphatic heterocycles. The standard InChI is InChI=1S/C18H20N6O2/c1-11-14(12(2)22-21-11)10-16(25)24-9-3-4-15(24)18-20-17(23-26-18)13-5-7-19-8-6-13/h5-8,15H,3-4,9-10H2,1-2H3,(H,21,22)/t15-/m0/s1. The first-order chi connectivity index (χ1) is 12.6. The minimum Gasteiger partial charge on any atom is -0.337 e. The second-order valence-corrected chi connectivity index (χ2v) is 6.53. The van der Waals surface area contributed by atoms with Crippen molar-refractivity contribution in [2.45, 2.75) is 39.2 Å². The summed E-state index contributed by atoms with van der Waals surface area (Å²) in [6.07, 6.45) is 5.45. The fraction of sp³-hybridized carbons (Fsp3) is 0.389. The molecule has 3 aromatic rings. The molecular weight excluding hydrogens is 332 g/mol. The van der Waals surface area contributed by atoms with Gasteiger partial charge in [-0.1, -0.05) is 5.16 Å². The molecule has 1 aliphatic rings. The van der Waals surface area contributed by atoms with Crippen LogP contribution in [0.3, 0.4) is 0 Å². The number of H-pyrrole nitrogens is 1. The second-order valence-electron chi connectivity index (χ2n) is 6.53. The van der Waals surface area contributed by atoms with E-state index in [1.165, 1.54) is 0 Å². The van der Waals surface area contributed by atoms with Gasteiger partial charge in [0.05, 0.1) is 12.1 Å². The number of aryl methyl sites for hydroxylation is 2. The van der Waals surface area contributed by atoms with Gasteiger partial charge in [0.15, 0.2) is 0 Å². The molecule has 1 fully saturated rings. The number of carbonyl (C=O) groups excluding carboxylic acids is 1. The van der Waals surface area contributed by atoms with Crippen LogP contribution in [0.25, 0.3) is 11.4 Å². The number of aromatic nitrogens is 5. The number of nitrogens with zero attached hydrogens (tertiary/aromatic N) is 5. The van der Waals surface area contributed by atoms with Gasteiger partial charge in [-0.3, -0.25) is 14.9 Å². The van der Waals surface area contributed by atoms with Crippen molar-refractivity contribution in [1.82, 2.24) is 30.2 Å². The van der Waals surface area contributed by atoms with Crippen molar-refractivity contribution in [2.75, 3.05) is 6.54 Å². The third-order valence-electron chi connectivity index (χ3n) is 4.85. The molecular formula is C18H20N6O2. The van der Waals surface area contributed by atoms with Gasteiger partial charge in [-0.2, -0.15) is 10.1 Å². The maximum atomic E-state index is 12.9. The molecule has 0 aromatic carbocycles. The van der Waals surface area contributed by atoms with E-state index < -0.39 is 0 Å². The van der Waals surface area contributed by atoms with E-state index in [9.17, 15) is 4.79 Å². The normalized spacial score (nSPS) is 17.0. The number of nitrogens with one attached hydrogen (secondary N) is 1. The summed E-state index contributed by atoms with van der Waals surface area (Å²) >= 11 is 0. The molecule has 4 rings (SSSR count). The average molecular weight is 352 g/mol. The molecule has 0 saturated carbocycles. The number of pyridine rings is 1. The molecule has 26 heavy (non-hydrogen) atoms. The first-order valence-electron chi connectivity index (χ1n) is 8.67. The Kier molecular flexibility index (Phi) is 4.24. The number of hydrogen-bond donors (Lipinski definition) is 1. The fourth-order valence-electron chi connectivity index (χ4n) is 3.40. The van der Waals surface area contributed by atoms with Crippen molar-refractivity contribution >= 4 is 5.91 Å². The van der Waals surface area contributed by atoms with Crippen LogP contribution >= 0.6 is 0 Å². The summed E-state index contributed by atoms with van der Waals surface area (Å²) in [6.45, 7) is 4.54. The van der Waals surface area contributed by atoms with Crippen molar-refractivity contribution in [3.05, 3.63) is 47.4 Å². The maximum Gasteiger partial charge on any atom is 0.249 e. The van der Waals surface area contributed by atoms with Crippen LogP contribution in [-0.2, 0) is 11.2 Å². The minimum absolute atomic E-state index is 0.0590. The molecule has 0 aliphatic carbocycles. The van der Waals surface area contributed by atoms with Gasteiger partial charge in [-0.05, 0) is 38.8 Å². The zero-order valence-electron chi connectivity index (χ0n) is 14.8. The Balaban J connectivity index is 1.53. The molecule has 8 nitrogen and oxygen atoms in total. The van der Waals surface area contributed by atoms with Gasteiger partial charge in [-0.25, -0.2) is 0 Å². The molecule has 0 radical (unpaired) electrons. The Morgan fingerprint density at radius 1 is 1.35 bits per heavy atom. The third-order valence-corrected chi connectivity index (χ3v) is 4.85. The van der Waals surface area contributed by atoms with Gasteiger partial charge in [0.25, 0.3) is 0 Å². The van der Waals surface area contributed by atoms with E-state index >= 15 is 0 Å². The number of aromatic amines is 1. The van der Waals surface area contributed by atoms with Crippen LogP contribution in [0, 0.1) is 13.8 Å². The number of rotatable bonds is 4. The van der Waals surface area contributed by atoms with Gasteiger partial charge >= 0.3 is 0 Å². The third kappa shape index (κ3) is 2.98. The molecule has 1 saturated heterocycles. The molecule has 1 amide bonds. The van der Waals surface area contributed by atoms with Gasteiger partial charge < -0.3 is 9.42 Å². The Hall–Kier alpha value is -3.03. The number of hydrogen-bond acceptors (Lipinski definition) is 6. The van der Waals surface area contributed by atoms with Crippen molar-refractivity contribution < 1.29 is 9.32 Å². The molecule has 0 unspecified atom stereocenters. The van der Waals surface area contributed by atoms with Crippen LogP contribution in [-0.4, -0.2) is 42.7 Å². The quantitative estimate of drug-likeness (QED) is 0.774. The Bertz CT molecular complexity index is 897. The Morgan fingerprint density at radius 2 is 2.15 bits per heavy atom. The number of amides is 1. The second kappa shape index (κ2) is 6.70. The highest BCUT2D eigenvalue weighted by molar-refractivity contribution is 5.80. The minimum atomic E-state index is -0.168. The van der Waals surface area contributed by atoms with Crippen LogP contribution in [0.4, 0.5) is 0 Å². The Labute approximate surface area is 150 Å². The molecule has 0 bridgehead atoms. The Morgan fingerprint density at radius 3 is 2.88 bits per heavy atom. The largest absolute Gasteiger partial charge is 0.337 e. The van der Waals surface area contributed by atoms with Gasteiger partial charge in [0.2, 0.25) is 17.6 Å². The van der Waals surface area contributed by atoms with Crippen molar-refractivity contribution in [3.63, 3.8) is 0 Å². The predicted octanol–water partition coefficient (Wildman–Crippen LogP) is 2.38. The van der Waals surface area contributed by atoms with E-state index in [1.54, 1.807) is 12.4 Å². The smallest absolute Gasteiger partial charge is 0.249 e. The SMILES string of the molecule is Cc1n[nH]c(C)c1CC(=O)N1CCC[C@H]1c1nc(-c2ccncc2)no1. The van der Waals surface area contributed by atoms with Gasteiger partial charge in [0.1, 0.15) is 6.04 Å². The van der Waals surface area contributed by atoms with Crippen LogP contribution in [0.2, 0.25) is 0 Å². The predicted molar refractivity (Wildman–Crippen MR) is 93.0 cm³/mol. The summed E-state index contributed by atoms with van der Waals surface area (Å²) in [5.74, 6) is 1.07. The summed E-state index contributed by atoms with van der Waals surface area (Å²) < 4.78 is 5.47. The van der Waals surface area contributed by atoms with Crippen LogP contribution < -0.4 is 0 Å². The lowest BCUT2D eigenvalue weighted by atomic mass is 10.1. The fourth-order valence-corrected chi connectivity index (χ4v) is 3.40. The van der Waals surface area contributed by atoms with Crippen LogP contribution in [0.15, 0.2) is 29.0 Å². The van der Waals surface area contributed by atoms with E-state index in [2.05, 4.69) is 25.3 Å². The van der Waals surface area contributed by atoms with E-state index in [4.69, 9.17) is 4.52 Å². The lowest BCUT2D eigenvalue weighted by Gasteiger charge is -2.22. The zero-order chi connectivity index (χ0) is 18.1. The molecule has 0 spiro atoms. The number of carbonyl (C=O) groups is 1. The summed E-state index contributed by atoms with van der Waals surface area (Å²) in [4.78, 5) is 23.2. The monoisotopic (exact) mass is 352 g/mol. The van der Waals surface area contributed by atoms with E-state index in [1.807, 2.05) is 30.9 Å². The van der Waals surface area contributed by atoms with Gasteiger partial charge in [0, 0.05) is 35.8 Å². The first-order valence-corrected chi connectivity index (χ1v) is 8.67. The topological polar surface area (TPSA) is 101 Å². The zero-order valence-corrected chi connectivity index (χ0v) is 14.8. The highest BCUT2D eigenvalue weighted by Crippen LogP contribution is 2.32. The summed E-state index contributed by atoms with van der Waals surface area (Å²) in [5.41, 5.74) is 3.60. The van der Waals surface area contributed by atoms with Gasteiger partial charge in [-0.15, -0.1) is 0 Å². The van der Waals surface area contributed by atoms with Crippen molar-refractivity contribution in [1.29, 1.82) is 0 Å². The van der Waals surface area contributed by atoms with E-state index in [-0.39, 0.29) is 11.9 Å². The lowest BCUT2D eigenvalue weighted by Crippen LogP contribution is -2.32. The first kappa shape index (κ1) is 16.4. The molecule has 4 heterocycles. The molecule has 1 N–H and O–H groups in total. The molecule has 134 valence electrons. The lowest BCUT2D eigenvalue weighted by molar-refractivity contribution is -0.131. The van der Waals surface area contributed by atoms with Crippen LogP contribution in [0.1, 0.15) is 41.7 Å². The van der Waals surface area contributed by atoms with E-state index in [0.717, 1.165) is 35.4 Å². The summed E-state index contributed by atoms with van der Waals surface area (Å²) in [5, 5.41) is 11.2. The maximum absolute atomic E-state index is 12.9. The van der Waals surface area contributed by atoms with E-state index in [0.29, 0.717) is 24.7 Å². The summed E-state index contributed by atoms with van der Waals surface area (Å²) in [6, 6.07) is 3.49. The molecule has 3 aromatic heterocycles. The van der Waals surface area contributed by atoms with Crippen LogP contribution in [0.5, 0.6) is 0 Å². The number of likely N-dealkylation sites (tertiary alicyclic amines) is 1. The average Bonchev–Trinajstić information content (AvgIpc) is 3.38. The molecule has 8 heteroatoms. The highest BCUT2D eigenvalue weighted by atomic mass is 16.5. The summed E-state index contributed by atoms with van der Waals surface area (Å²) in [7, 11) is 0. The molecule has 1 atom stereocenters. The van der Waals surface area contributed by atoms with Crippen molar-refractivity contribution in [3.8, 4) is 11.4 Å². The highest BCUT2D eigenvalue weighted by Gasteiger charge is 2.34.